The van der Waals surface area contributed by atoms with Gasteiger partial charge in [-0.05, 0) is 37.7 Å². The van der Waals surface area contributed by atoms with Gasteiger partial charge in [-0.2, -0.15) is 0 Å². The Labute approximate surface area is 102 Å². The number of rotatable bonds is 5. The Hall–Kier alpha value is -0.770. The Balaban J connectivity index is 2.79. The van der Waals surface area contributed by atoms with Crippen LogP contribution < -0.4 is 10.5 Å². The van der Waals surface area contributed by atoms with Crippen LogP contribution in [0.5, 0.6) is 5.75 Å². The Morgan fingerprint density at radius 1 is 1.50 bits per heavy atom. The summed E-state index contributed by atoms with van der Waals surface area (Å²) in [4.78, 5) is 2.17. The van der Waals surface area contributed by atoms with Gasteiger partial charge >= 0.3 is 0 Å². The van der Waals surface area contributed by atoms with Gasteiger partial charge < -0.3 is 10.5 Å². The molecule has 90 valence electrons. The molecule has 0 aliphatic rings. The van der Waals surface area contributed by atoms with Crippen LogP contribution in [0.25, 0.3) is 0 Å². The molecule has 0 aromatic heterocycles. The van der Waals surface area contributed by atoms with Gasteiger partial charge in [-0.1, -0.05) is 11.6 Å². The predicted octanol–water partition coefficient (Wildman–Crippen LogP) is 2.13. The number of hydrogen-bond acceptors (Lipinski definition) is 3. The monoisotopic (exact) mass is 242 g/mol. The molecule has 16 heavy (non-hydrogen) atoms. The van der Waals surface area contributed by atoms with Crippen molar-refractivity contribution in [1.29, 1.82) is 0 Å². The first-order valence-electron chi connectivity index (χ1n) is 5.31. The van der Waals surface area contributed by atoms with E-state index in [1.54, 1.807) is 7.11 Å². The van der Waals surface area contributed by atoms with Crippen molar-refractivity contribution in [3.05, 3.63) is 28.8 Å². The van der Waals surface area contributed by atoms with Gasteiger partial charge in [0, 0.05) is 24.2 Å². The predicted molar refractivity (Wildman–Crippen MR) is 68.0 cm³/mol. The lowest BCUT2D eigenvalue weighted by Crippen LogP contribution is -2.34. The molecule has 0 spiro atoms. The van der Waals surface area contributed by atoms with Crippen LogP contribution in [0.3, 0.4) is 0 Å². The lowest BCUT2D eigenvalue weighted by molar-refractivity contribution is 0.254. The Morgan fingerprint density at radius 2 is 2.19 bits per heavy atom. The second-order valence-corrected chi connectivity index (χ2v) is 4.36. The first-order valence-corrected chi connectivity index (χ1v) is 5.69. The van der Waals surface area contributed by atoms with Crippen molar-refractivity contribution in [3.8, 4) is 5.75 Å². The largest absolute Gasteiger partial charge is 0.497 e. The second-order valence-electron chi connectivity index (χ2n) is 3.96. The van der Waals surface area contributed by atoms with E-state index < -0.39 is 0 Å². The fourth-order valence-electron chi connectivity index (χ4n) is 1.40. The molecular formula is C12H19ClN2O. The summed E-state index contributed by atoms with van der Waals surface area (Å²) in [6, 6.07) is 6.01. The van der Waals surface area contributed by atoms with E-state index in [9.17, 15) is 0 Å². The van der Waals surface area contributed by atoms with Gasteiger partial charge in [0.1, 0.15) is 5.75 Å². The molecule has 0 amide bonds. The van der Waals surface area contributed by atoms with Gasteiger partial charge in [0.25, 0.3) is 0 Å². The van der Waals surface area contributed by atoms with Crippen LogP contribution in [-0.2, 0) is 6.54 Å². The average molecular weight is 243 g/mol. The molecule has 1 unspecified atom stereocenters. The normalized spacial score (nSPS) is 12.9. The number of halogens is 1. The molecular weight excluding hydrogens is 224 g/mol. The minimum Gasteiger partial charge on any atom is -0.497 e. The highest BCUT2D eigenvalue weighted by Gasteiger charge is 2.10. The lowest BCUT2D eigenvalue weighted by Gasteiger charge is -2.23. The topological polar surface area (TPSA) is 38.5 Å². The molecule has 0 saturated carbocycles. The summed E-state index contributed by atoms with van der Waals surface area (Å²) in [6.45, 7) is 3.50. The number of methoxy groups -OCH3 is 1. The molecule has 0 heterocycles. The van der Waals surface area contributed by atoms with E-state index in [-0.39, 0.29) is 0 Å². The highest BCUT2D eigenvalue weighted by atomic mass is 35.5. The Bertz CT molecular complexity index is 344. The molecule has 0 aliphatic heterocycles. The van der Waals surface area contributed by atoms with Crippen LogP contribution >= 0.6 is 11.6 Å². The van der Waals surface area contributed by atoms with Crippen molar-refractivity contribution in [3.63, 3.8) is 0 Å². The van der Waals surface area contributed by atoms with E-state index in [4.69, 9.17) is 22.1 Å². The van der Waals surface area contributed by atoms with Crippen LogP contribution in [0, 0.1) is 0 Å². The molecule has 0 fully saturated rings. The summed E-state index contributed by atoms with van der Waals surface area (Å²) < 4.78 is 5.18. The lowest BCUT2D eigenvalue weighted by atomic mass is 10.2. The third kappa shape index (κ3) is 3.37. The number of likely N-dealkylation sites (N-methyl/N-ethyl adjacent to an activating group) is 1. The molecule has 1 aromatic rings. The van der Waals surface area contributed by atoms with E-state index in [0.717, 1.165) is 22.9 Å². The molecule has 0 radical (unpaired) electrons. The summed E-state index contributed by atoms with van der Waals surface area (Å²) in [6.07, 6.45) is 0. The maximum atomic E-state index is 6.13. The van der Waals surface area contributed by atoms with Gasteiger partial charge in [0.2, 0.25) is 0 Å². The number of nitrogens with two attached hydrogens (primary N) is 1. The summed E-state index contributed by atoms with van der Waals surface area (Å²) in [5.41, 5.74) is 6.68. The highest BCUT2D eigenvalue weighted by molar-refractivity contribution is 6.31. The van der Waals surface area contributed by atoms with Crippen LogP contribution in [0.2, 0.25) is 5.02 Å². The summed E-state index contributed by atoms with van der Waals surface area (Å²) in [7, 11) is 3.69. The molecule has 3 nitrogen and oxygen atoms in total. The van der Waals surface area contributed by atoms with Crippen molar-refractivity contribution in [2.45, 2.75) is 19.5 Å². The van der Waals surface area contributed by atoms with E-state index in [0.29, 0.717) is 12.6 Å². The summed E-state index contributed by atoms with van der Waals surface area (Å²) in [5, 5.41) is 0.761. The van der Waals surface area contributed by atoms with Crippen LogP contribution in [-0.4, -0.2) is 31.6 Å². The second kappa shape index (κ2) is 6.09. The van der Waals surface area contributed by atoms with E-state index in [1.165, 1.54) is 0 Å². The molecule has 1 aromatic carbocycles. The summed E-state index contributed by atoms with van der Waals surface area (Å²) >= 11 is 6.13. The number of nitrogens with zero attached hydrogens (tertiary/aromatic N) is 1. The fourth-order valence-corrected chi connectivity index (χ4v) is 1.58. The van der Waals surface area contributed by atoms with Crippen molar-refractivity contribution < 1.29 is 4.74 Å². The van der Waals surface area contributed by atoms with Gasteiger partial charge in [-0.25, -0.2) is 0 Å². The first kappa shape index (κ1) is 13.3. The number of hydrogen-bond donors (Lipinski definition) is 1. The molecule has 1 rings (SSSR count). The van der Waals surface area contributed by atoms with E-state index >= 15 is 0 Å². The van der Waals surface area contributed by atoms with Gasteiger partial charge in [0.15, 0.2) is 0 Å². The van der Waals surface area contributed by atoms with Gasteiger partial charge in [0.05, 0.1) is 7.11 Å². The highest BCUT2D eigenvalue weighted by Crippen LogP contribution is 2.23. The number of benzene rings is 1. The van der Waals surface area contributed by atoms with Crippen LogP contribution in [0.15, 0.2) is 18.2 Å². The zero-order chi connectivity index (χ0) is 12.1. The minimum absolute atomic E-state index is 0.335. The van der Waals surface area contributed by atoms with Crippen molar-refractivity contribution >= 4 is 11.6 Å². The fraction of sp³-hybridized carbons (Fsp3) is 0.500. The quantitative estimate of drug-likeness (QED) is 0.860. The zero-order valence-corrected chi connectivity index (χ0v) is 10.8. The third-order valence-corrected chi connectivity index (χ3v) is 3.13. The SMILES string of the molecule is COc1ccc(Cl)c(CN(C)C(C)CN)c1. The molecule has 2 N–H and O–H groups in total. The zero-order valence-electron chi connectivity index (χ0n) is 10.0. The first-order chi connectivity index (χ1) is 7.58. The van der Waals surface area contributed by atoms with Gasteiger partial charge in [-0.3, -0.25) is 4.90 Å². The van der Waals surface area contributed by atoms with E-state index in [2.05, 4.69) is 11.8 Å². The van der Waals surface area contributed by atoms with Crippen molar-refractivity contribution in [2.75, 3.05) is 20.7 Å². The maximum Gasteiger partial charge on any atom is 0.119 e. The van der Waals surface area contributed by atoms with Crippen LogP contribution in [0.4, 0.5) is 0 Å². The molecule has 0 bridgehead atoms. The van der Waals surface area contributed by atoms with Crippen molar-refractivity contribution in [2.24, 2.45) is 5.73 Å². The standard InChI is InChI=1S/C12H19ClN2O/c1-9(7-14)15(2)8-10-6-11(16-3)4-5-12(10)13/h4-6,9H,7-8,14H2,1-3H3. The van der Waals surface area contributed by atoms with Crippen molar-refractivity contribution in [1.82, 2.24) is 4.90 Å². The maximum absolute atomic E-state index is 6.13. The van der Waals surface area contributed by atoms with Crippen LogP contribution in [0.1, 0.15) is 12.5 Å². The molecule has 1 atom stereocenters. The molecule has 4 heteroatoms. The Morgan fingerprint density at radius 3 is 2.75 bits per heavy atom. The molecule has 0 saturated heterocycles. The number of ether oxygens (including phenoxy) is 1. The minimum atomic E-state index is 0.335. The third-order valence-electron chi connectivity index (χ3n) is 2.77. The summed E-state index contributed by atoms with van der Waals surface area (Å²) in [5.74, 6) is 0.827. The van der Waals surface area contributed by atoms with Gasteiger partial charge in [-0.15, -0.1) is 0 Å². The molecule has 0 aliphatic carbocycles. The average Bonchev–Trinajstić information content (AvgIpc) is 2.30. The van der Waals surface area contributed by atoms with E-state index in [1.807, 2.05) is 25.2 Å². The Kier molecular flexibility index (Phi) is 5.06. The smallest absolute Gasteiger partial charge is 0.119 e.